The molecule has 0 N–H and O–H groups in total. The smallest absolute Gasteiger partial charge is 0.241 e. The SMILES string of the molecule is FC1CC=CCC1(F)F. The Hall–Kier alpha value is -0.470. The summed E-state index contributed by atoms with van der Waals surface area (Å²) in [5, 5.41) is 0. The molecule has 1 atom stereocenters. The molecular formula is C6H7F3. The molecule has 0 fully saturated rings. The van der Waals surface area contributed by atoms with Crippen molar-refractivity contribution in [3.05, 3.63) is 12.2 Å². The zero-order chi connectivity index (χ0) is 6.91. The van der Waals surface area contributed by atoms with Crippen LogP contribution in [0, 0.1) is 0 Å². The summed E-state index contributed by atoms with van der Waals surface area (Å²) >= 11 is 0. The van der Waals surface area contributed by atoms with Gasteiger partial charge in [-0.1, -0.05) is 12.2 Å². The van der Waals surface area contributed by atoms with Gasteiger partial charge in [-0.15, -0.1) is 0 Å². The zero-order valence-corrected chi connectivity index (χ0v) is 4.78. The van der Waals surface area contributed by atoms with Gasteiger partial charge in [-0.2, -0.15) is 0 Å². The van der Waals surface area contributed by atoms with E-state index in [0.29, 0.717) is 0 Å². The van der Waals surface area contributed by atoms with Gasteiger partial charge in [0.05, 0.1) is 0 Å². The van der Waals surface area contributed by atoms with Gasteiger partial charge in [-0.3, -0.25) is 0 Å². The third-order valence-electron chi connectivity index (χ3n) is 1.36. The molecule has 9 heavy (non-hydrogen) atoms. The number of hydrogen-bond acceptors (Lipinski definition) is 0. The molecule has 0 amide bonds. The molecule has 0 spiro atoms. The molecule has 0 heterocycles. The molecule has 0 aromatic heterocycles. The Morgan fingerprint density at radius 3 is 2.33 bits per heavy atom. The van der Waals surface area contributed by atoms with E-state index in [9.17, 15) is 13.2 Å². The number of allylic oxidation sites excluding steroid dienone is 2. The van der Waals surface area contributed by atoms with Gasteiger partial charge in [-0.25, -0.2) is 13.2 Å². The molecule has 0 aliphatic heterocycles. The van der Waals surface area contributed by atoms with Crippen molar-refractivity contribution in [2.24, 2.45) is 0 Å². The molecular weight excluding hydrogens is 129 g/mol. The van der Waals surface area contributed by atoms with Crippen LogP contribution in [-0.2, 0) is 0 Å². The van der Waals surface area contributed by atoms with E-state index in [1.807, 2.05) is 0 Å². The maximum atomic E-state index is 12.2. The molecule has 0 nitrogen and oxygen atoms in total. The molecule has 0 aromatic carbocycles. The topological polar surface area (TPSA) is 0 Å². The second kappa shape index (κ2) is 2.05. The van der Waals surface area contributed by atoms with E-state index < -0.39 is 18.5 Å². The molecule has 0 radical (unpaired) electrons. The number of rotatable bonds is 0. The lowest BCUT2D eigenvalue weighted by atomic mass is 10.0. The van der Waals surface area contributed by atoms with Gasteiger partial charge in [0, 0.05) is 12.8 Å². The van der Waals surface area contributed by atoms with Crippen molar-refractivity contribution in [3.8, 4) is 0 Å². The number of alkyl halides is 3. The van der Waals surface area contributed by atoms with E-state index in [0.717, 1.165) is 0 Å². The first kappa shape index (κ1) is 6.65. The van der Waals surface area contributed by atoms with E-state index in [2.05, 4.69) is 0 Å². The summed E-state index contributed by atoms with van der Waals surface area (Å²) in [6.07, 6.45) is 0.196. The number of halogens is 3. The quantitative estimate of drug-likeness (QED) is 0.448. The number of hydrogen-bond donors (Lipinski definition) is 0. The van der Waals surface area contributed by atoms with Gasteiger partial charge < -0.3 is 0 Å². The minimum Gasteiger partial charge on any atom is -0.241 e. The van der Waals surface area contributed by atoms with Gasteiger partial charge in [0.25, 0.3) is 5.92 Å². The highest BCUT2D eigenvalue weighted by molar-refractivity contribution is 4.99. The first-order chi connectivity index (χ1) is 4.13. The van der Waals surface area contributed by atoms with E-state index in [-0.39, 0.29) is 6.42 Å². The molecule has 1 aliphatic rings. The molecule has 52 valence electrons. The summed E-state index contributed by atoms with van der Waals surface area (Å²) in [6, 6.07) is 0. The highest BCUT2D eigenvalue weighted by Crippen LogP contribution is 2.31. The van der Waals surface area contributed by atoms with Crippen molar-refractivity contribution in [2.75, 3.05) is 0 Å². The average Bonchev–Trinajstić information content (AvgIpc) is 1.77. The Morgan fingerprint density at radius 2 is 2.00 bits per heavy atom. The third kappa shape index (κ3) is 1.26. The second-order valence-corrected chi connectivity index (χ2v) is 2.14. The fraction of sp³-hybridized carbons (Fsp3) is 0.667. The normalized spacial score (nSPS) is 32.6. The summed E-state index contributed by atoms with van der Waals surface area (Å²) in [5.41, 5.74) is 0. The van der Waals surface area contributed by atoms with Gasteiger partial charge in [0.1, 0.15) is 0 Å². The van der Waals surface area contributed by atoms with Crippen molar-refractivity contribution in [1.29, 1.82) is 0 Å². The molecule has 0 bridgehead atoms. The first-order valence-electron chi connectivity index (χ1n) is 2.80. The van der Waals surface area contributed by atoms with Crippen LogP contribution in [0.25, 0.3) is 0 Å². The summed E-state index contributed by atoms with van der Waals surface area (Å²) in [5.74, 6) is -3.12. The van der Waals surface area contributed by atoms with E-state index >= 15 is 0 Å². The van der Waals surface area contributed by atoms with Crippen LogP contribution in [0.5, 0.6) is 0 Å². The monoisotopic (exact) mass is 136 g/mol. The van der Waals surface area contributed by atoms with Crippen LogP contribution < -0.4 is 0 Å². The van der Waals surface area contributed by atoms with Crippen molar-refractivity contribution in [3.63, 3.8) is 0 Å². The van der Waals surface area contributed by atoms with Crippen LogP contribution in [0.15, 0.2) is 12.2 Å². The maximum absolute atomic E-state index is 12.2. The average molecular weight is 136 g/mol. The highest BCUT2D eigenvalue weighted by Gasteiger charge is 2.39. The van der Waals surface area contributed by atoms with Crippen LogP contribution >= 0.6 is 0 Å². The Balaban J connectivity index is 2.64. The molecule has 1 rings (SSSR count). The maximum Gasteiger partial charge on any atom is 0.282 e. The Kier molecular flexibility index (Phi) is 1.51. The molecule has 1 aliphatic carbocycles. The lowest BCUT2D eigenvalue weighted by molar-refractivity contribution is -0.0717. The van der Waals surface area contributed by atoms with Crippen LogP contribution in [0.3, 0.4) is 0 Å². The van der Waals surface area contributed by atoms with Crippen LogP contribution in [0.2, 0.25) is 0 Å². The molecule has 0 aromatic rings. The van der Waals surface area contributed by atoms with Gasteiger partial charge in [0.2, 0.25) is 0 Å². The van der Waals surface area contributed by atoms with Gasteiger partial charge >= 0.3 is 0 Å². The summed E-state index contributed by atoms with van der Waals surface area (Å²) in [4.78, 5) is 0. The predicted octanol–water partition coefficient (Wildman–Crippen LogP) is 2.31. The summed E-state index contributed by atoms with van der Waals surface area (Å²) < 4.78 is 36.5. The predicted molar refractivity (Wildman–Crippen MR) is 28.2 cm³/mol. The van der Waals surface area contributed by atoms with Crippen molar-refractivity contribution in [2.45, 2.75) is 24.9 Å². The fourth-order valence-electron chi connectivity index (χ4n) is 0.756. The molecule has 3 heteroatoms. The van der Waals surface area contributed by atoms with Crippen molar-refractivity contribution in [1.82, 2.24) is 0 Å². The largest absolute Gasteiger partial charge is 0.282 e. The van der Waals surface area contributed by atoms with E-state index in [1.54, 1.807) is 0 Å². The minimum atomic E-state index is -3.12. The van der Waals surface area contributed by atoms with Gasteiger partial charge in [0.15, 0.2) is 6.17 Å². The van der Waals surface area contributed by atoms with Crippen LogP contribution in [0.1, 0.15) is 12.8 Å². The van der Waals surface area contributed by atoms with E-state index in [4.69, 9.17) is 0 Å². The highest BCUT2D eigenvalue weighted by atomic mass is 19.3. The first-order valence-corrected chi connectivity index (χ1v) is 2.80. The second-order valence-electron chi connectivity index (χ2n) is 2.14. The van der Waals surface area contributed by atoms with Crippen LogP contribution in [-0.4, -0.2) is 12.1 Å². The Labute approximate surface area is 51.4 Å². The third-order valence-corrected chi connectivity index (χ3v) is 1.36. The van der Waals surface area contributed by atoms with Crippen LogP contribution in [0.4, 0.5) is 13.2 Å². The van der Waals surface area contributed by atoms with Gasteiger partial charge in [-0.05, 0) is 0 Å². The summed E-state index contributed by atoms with van der Waals surface area (Å²) in [6.45, 7) is 0. The fourth-order valence-corrected chi connectivity index (χ4v) is 0.756. The lowest BCUT2D eigenvalue weighted by Gasteiger charge is -2.20. The molecule has 1 unspecified atom stereocenters. The molecule has 0 saturated carbocycles. The van der Waals surface area contributed by atoms with Crippen molar-refractivity contribution < 1.29 is 13.2 Å². The van der Waals surface area contributed by atoms with E-state index in [1.165, 1.54) is 12.2 Å². The zero-order valence-electron chi connectivity index (χ0n) is 4.78. The standard InChI is InChI=1S/C6H7F3/c7-5-3-1-2-4-6(5,8)9/h1-2,5H,3-4H2. The summed E-state index contributed by atoms with van der Waals surface area (Å²) in [7, 11) is 0. The minimum absolute atomic E-state index is 0.146. The molecule has 0 saturated heterocycles. The lowest BCUT2D eigenvalue weighted by Crippen LogP contribution is -2.30. The Morgan fingerprint density at radius 1 is 1.33 bits per heavy atom. The Bertz CT molecular complexity index is 128. The van der Waals surface area contributed by atoms with Crippen molar-refractivity contribution >= 4 is 0 Å².